The van der Waals surface area contributed by atoms with Crippen molar-refractivity contribution in [1.82, 2.24) is 0 Å². The van der Waals surface area contributed by atoms with Crippen LogP contribution in [0, 0.1) is 0 Å². The largest absolute Gasteiger partial charge is 0.457 e. The van der Waals surface area contributed by atoms with Crippen LogP contribution in [0.3, 0.4) is 0 Å². The van der Waals surface area contributed by atoms with Crippen molar-refractivity contribution in [2.45, 2.75) is 18.3 Å². The minimum atomic E-state index is -0.469. The van der Waals surface area contributed by atoms with Crippen molar-refractivity contribution >= 4 is 17.1 Å². The van der Waals surface area contributed by atoms with Gasteiger partial charge in [-0.25, -0.2) is 4.99 Å². The van der Waals surface area contributed by atoms with Gasteiger partial charge in [0.2, 0.25) is 0 Å². The number of hydrazone groups is 1. The van der Waals surface area contributed by atoms with Crippen molar-refractivity contribution in [3.05, 3.63) is 184 Å². The zero-order valence-corrected chi connectivity index (χ0v) is 23.6. The zero-order chi connectivity index (χ0) is 28.8. The first kappa shape index (κ1) is 25.2. The molecule has 4 nitrogen and oxygen atoms in total. The summed E-state index contributed by atoms with van der Waals surface area (Å²) in [5.41, 5.74) is 10.8. The highest BCUT2D eigenvalue weighted by Crippen LogP contribution is 2.62. The Hall–Kier alpha value is -5.48. The number of hydrogen-bond donors (Lipinski definition) is 1. The number of ether oxygens (including phenoxy) is 1. The van der Waals surface area contributed by atoms with Crippen molar-refractivity contribution in [3.63, 3.8) is 0 Å². The topological polar surface area (TPSA) is 60.0 Å². The minimum Gasteiger partial charge on any atom is -0.457 e. The van der Waals surface area contributed by atoms with Crippen LogP contribution in [0.15, 0.2) is 155 Å². The molecule has 0 saturated heterocycles. The minimum absolute atomic E-state index is 0.469. The van der Waals surface area contributed by atoms with Gasteiger partial charge in [-0.15, -0.1) is 0 Å². The molecule has 1 heterocycles. The maximum atomic E-state index is 6.65. The van der Waals surface area contributed by atoms with Crippen LogP contribution < -0.4 is 10.6 Å². The number of nitrogens with two attached hydrogens (primary N) is 1. The third-order valence-corrected chi connectivity index (χ3v) is 8.83. The molecule has 43 heavy (non-hydrogen) atoms. The third-order valence-electron chi connectivity index (χ3n) is 8.83. The van der Waals surface area contributed by atoms with E-state index in [4.69, 9.17) is 15.6 Å². The van der Waals surface area contributed by atoms with Gasteiger partial charge in [-0.1, -0.05) is 115 Å². The predicted molar refractivity (Wildman–Crippen MR) is 174 cm³/mol. The van der Waals surface area contributed by atoms with E-state index in [-0.39, 0.29) is 0 Å². The highest BCUT2D eigenvalue weighted by molar-refractivity contribution is 6.20. The highest BCUT2D eigenvalue weighted by Gasteiger charge is 2.52. The molecule has 0 saturated carbocycles. The summed E-state index contributed by atoms with van der Waals surface area (Å²) in [5.74, 6) is 8.18. The number of rotatable bonds is 3. The Bertz CT molecular complexity index is 2000. The van der Waals surface area contributed by atoms with E-state index in [0.29, 0.717) is 5.84 Å². The molecule has 1 spiro atoms. The fourth-order valence-electron chi connectivity index (χ4n) is 7.07. The zero-order valence-electron chi connectivity index (χ0n) is 23.6. The smallest absolute Gasteiger partial charge is 0.179 e. The molecule has 3 aliphatic rings. The normalized spacial score (nSPS) is 18.5. The van der Waals surface area contributed by atoms with E-state index in [1.54, 1.807) is 0 Å². The molecule has 0 amide bonds. The van der Waals surface area contributed by atoms with Gasteiger partial charge in [-0.2, -0.15) is 5.10 Å². The second-order valence-corrected chi connectivity index (χ2v) is 11.1. The Labute approximate surface area is 251 Å². The lowest BCUT2D eigenvalue weighted by Gasteiger charge is -2.41. The number of nitrogens with zero attached hydrogens (tertiary/aromatic N) is 2. The van der Waals surface area contributed by atoms with Crippen LogP contribution >= 0.6 is 0 Å². The number of fused-ring (bicyclic) bond motifs is 8. The second-order valence-electron chi connectivity index (χ2n) is 11.1. The summed E-state index contributed by atoms with van der Waals surface area (Å²) < 4.78 is 6.65. The van der Waals surface area contributed by atoms with Gasteiger partial charge in [-0.3, -0.25) is 0 Å². The van der Waals surface area contributed by atoms with Gasteiger partial charge >= 0.3 is 0 Å². The molecular weight excluding hydrogens is 526 g/mol. The molecule has 2 aliphatic carbocycles. The molecule has 0 radical (unpaired) electrons. The molecule has 206 valence electrons. The molecule has 4 heteroatoms. The fourth-order valence-corrected chi connectivity index (χ4v) is 7.07. The average molecular weight is 556 g/mol. The summed E-state index contributed by atoms with van der Waals surface area (Å²) in [4.78, 5) is 5.12. The lowest BCUT2D eigenvalue weighted by Crippen LogP contribution is -2.34. The second kappa shape index (κ2) is 10.1. The standard InChI is InChI=1S/C39H29N3O/c40-42-38(27-15-5-2-6-16-27)41-37(26-13-3-1-4-14-26)28-23-24-36-34(25-28)39(33-21-11-12-22-35(33)43-36)31-19-9-7-17-29(31)30-18-8-10-20-32(30)39/h1-9,11-19,21-25H,10,20,40H2/b41-37-,42-38-. The maximum absolute atomic E-state index is 6.65. The first-order chi connectivity index (χ1) is 21.3. The number of amidine groups is 1. The first-order valence-corrected chi connectivity index (χ1v) is 14.7. The Morgan fingerprint density at radius 1 is 0.651 bits per heavy atom. The van der Waals surface area contributed by atoms with E-state index in [2.05, 4.69) is 96.1 Å². The molecule has 0 aromatic heterocycles. The van der Waals surface area contributed by atoms with E-state index in [1.807, 2.05) is 48.5 Å². The molecule has 1 atom stereocenters. The van der Waals surface area contributed by atoms with Crippen LogP contribution in [0.5, 0.6) is 11.5 Å². The van der Waals surface area contributed by atoms with Gasteiger partial charge in [0.1, 0.15) is 11.5 Å². The summed E-state index contributed by atoms with van der Waals surface area (Å²) in [6.45, 7) is 0. The van der Waals surface area contributed by atoms with E-state index in [0.717, 1.165) is 52.3 Å². The summed E-state index contributed by atoms with van der Waals surface area (Å²) in [6.07, 6.45) is 6.61. The van der Waals surface area contributed by atoms with Crippen LogP contribution in [0.2, 0.25) is 0 Å². The van der Waals surface area contributed by atoms with Gasteiger partial charge < -0.3 is 10.6 Å². The van der Waals surface area contributed by atoms with Gasteiger partial charge in [0.15, 0.2) is 5.84 Å². The van der Waals surface area contributed by atoms with Crippen molar-refractivity contribution in [1.29, 1.82) is 0 Å². The van der Waals surface area contributed by atoms with Crippen molar-refractivity contribution in [2.24, 2.45) is 15.9 Å². The van der Waals surface area contributed by atoms with Crippen LogP contribution in [0.4, 0.5) is 0 Å². The summed E-state index contributed by atoms with van der Waals surface area (Å²) in [7, 11) is 0. The quantitative estimate of drug-likeness (QED) is 0.105. The Morgan fingerprint density at radius 2 is 1.33 bits per heavy atom. The molecule has 5 aromatic carbocycles. The van der Waals surface area contributed by atoms with Crippen LogP contribution in [-0.4, -0.2) is 11.5 Å². The molecule has 0 bridgehead atoms. The van der Waals surface area contributed by atoms with Crippen molar-refractivity contribution < 1.29 is 4.74 Å². The van der Waals surface area contributed by atoms with Crippen LogP contribution in [-0.2, 0) is 5.41 Å². The average Bonchev–Trinajstić information content (AvgIpc) is 3.37. The van der Waals surface area contributed by atoms with E-state index in [1.165, 1.54) is 27.8 Å². The van der Waals surface area contributed by atoms with E-state index < -0.39 is 5.41 Å². The monoisotopic (exact) mass is 555 g/mol. The molecule has 5 aromatic rings. The van der Waals surface area contributed by atoms with Gasteiger partial charge in [0, 0.05) is 27.8 Å². The van der Waals surface area contributed by atoms with Crippen molar-refractivity contribution in [2.75, 3.05) is 0 Å². The number of aliphatic imine (C=N–C) groups is 1. The highest BCUT2D eigenvalue weighted by atomic mass is 16.5. The molecule has 2 N–H and O–H groups in total. The number of benzene rings is 5. The molecule has 8 rings (SSSR count). The van der Waals surface area contributed by atoms with Crippen LogP contribution in [0.1, 0.15) is 51.8 Å². The molecule has 1 unspecified atom stereocenters. The van der Waals surface area contributed by atoms with Crippen molar-refractivity contribution in [3.8, 4) is 11.5 Å². The van der Waals surface area contributed by atoms with Gasteiger partial charge in [0.05, 0.1) is 11.1 Å². The van der Waals surface area contributed by atoms with E-state index in [9.17, 15) is 0 Å². The van der Waals surface area contributed by atoms with E-state index >= 15 is 0 Å². The summed E-state index contributed by atoms with van der Waals surface area (Å²) in [5, 5.41) is 4.11. The summed E-state index contributed by atoms with van der Waals surface area (Å²) >= 11 is 0. The van der Waals surface area contributed by atoms with Gasteiger partial charge in [0.25, 0.3) is 0 Å². The number of hydrogen-bond acceptors (Lipinski definition) is 3. The Kier molecular flexibility index (Phi) is 5.93. The van der Waals surface area contributed by atoms with Gasteiger partial charge in [-0.05, 0) is 59.4 Å². The third kappa shape index (κ3) is 3.84. The maximum Gasteiger partial charge on any atom is 0.179 e. The van der Waals surface area contributed by atoms with Crippen LogP contribution in [0.25, 0.3) is 5.57 Å². The molecular formula is C39H29N3O. The molecule has 1 aliphatic heterocycles. The number of allylic oxidation sites excluding steroid dienone is 4. The molecule has 0 fully saturated rings. The lowest BCUT2D eigenvalue weighted by atomic mass is 9.64. The lowest BCUT2D eigenvalue weighted by molar-refractivity contribution is 0.432. The SMILES string of the molecule is N/N=C(\N=C(\c1ccccc1)c1ccc2c(c1)C1(C3=C(C=CCC3)c3ccccc31)c1ccccc1O2)c1ccccc1. The predicted octanol–water partition coefficient (Wildman–Crippen LogP) is 8.40. The Balaban J connectivity index is 1.41. The number of para-hydroxylation sites is 1. The summed E-state index contributed by atoms with van der Waals surface area (Å²) in [6, 6.07) is 43.9. The Morgan fingerprint density at radius 3 is 2.12 bits per heavy atom. The first-order valence-electron chi connectivity index (χ1n) is 14.7. The fraction of sp³-hybridized carbons (Fsp3) is 0.0769.